The van der Waals surface area contributed by atoms with Gasteiger partial charge >= 0.3 is 0 Å². The maximum absolute atomic E-state index is 6.02. The van der Waals surface area contributed by atoms with Crippen molar-refractivity contribution in [2.45, 2.75) is 19.3 Å². The molecule has 0 aromatic heterocycles. The van der Waals surface area contributed by atoms with Crippen LogP contribution in [0.5, 0.6) is 11.5 Å². The van der Waals surface area contributed by atoms with Gasteiger partial charge in [-0.2, -0.15) is 0 Å². The lowest BCUT2D eigenvalue weighted by Crippen LogP contribution is -2.08. The van der Waals surface area contributed by atoms with E-state index in [0.717, 1.165) is 17.9 Å². The molecule has 0 saturated carbocycles. The minimum Gasteiger partial charge on any atom is -0.457 e. The lowest BCUT2D eigenvalue weighted by molar-refractivity contribution is 0.179. The molecule has 3 rings (SSSR count). The summed E-state index contributed by atoms with van der Waals surface area (Å²) in [6.07, 6.45) is 13.6. The molecule has 1 aliphatic rings. The van der Waals surface area contributed by atoms with Gasteiger partial charge in [-0.25, -0.2) is 0 Å². The quantitative estimate of drug-likeness (QED) is 0.752. The Kier molecular flexibility index (Phi) is 8.08. The van der Waals surface area contributed by atoms with Crippen molar-refractivity contribution in [3.8, 4) is 36.7 Å². The molecule has 0 spiro atoms. The molecule has 1 unspecified atom stereocenters. The van der Waals surface area contributed by atoms with Gasteiger partial charge in [-0.05, 0) is 31.0 Å². The first kappa shape index (κ1) is 18.4. The van der Waals surface area contributed by atoms with Crippen molar-refractivity contribution in [1.82, 2.24) is 0 Å². The number of methoxy groups -OCH3 is 1. The van der Waals surface area contributed by atoms with E-state index in [9.17, 15) is 0 Å². The number of ether oxygens (including phenoxy) is 2. The third-order valence-corrected chi connectivity index (χ3v) is 3.39. The van der Waals surface area contributed by atoms with Gasteiger partial charge in [0.05, 0.1) is 6.61 Å². The molecule has 0 fully saturated rings. The lowest BCUT2D eigenvalue weighted by Gasteiger charge is -2.15. The number of benzene rings is 2. The van der Waals surface area contributed by atoms with Gasteiger partial charge < -0.3 is 9.47 Å². The van der Waals surface area contributed by atoms with Crippen LogP contribution in [0.2, 0.25) is 0 Å². The predicted octanol–water partition coefficient (Wildman–Crippen LogP) is 4.65. The molecule has 1 aliphatic heterocycles. The Labute approximate surface area is 139 Å². The van der Waals surface area contributed by atoms with Crippen LogP contribution in [0.4, 0.5) is 0 Å². The van der Waals surface area contributed by atoms with Gasteiger partial charge in [0.25, 0.3) is 0 Å². The van der Waals surface area contributed by atoms with Crippen LogP contribution in [-0.2, 0) is 11.2 Å². The van der Waals surface area contributed by atoms with Gasteiger partial charge in [-0.3, -0.25) is 0 Å². The number of hydrogen-bond acceptors (Lipinski definition) is 2. The topological polar surface area (TPSA) is 18.5 Å². The molecule has 1 heterocycles. The highest BCUT2D eigenvalue weighted by Crippen LogP contribution is 2.39. The van der Waals surface area contributed by atoms with E-state index in [4.69, 9.17) is 9.47 Å². The van der Waals surface area contributed by atoms with Gasteiger partial charge in [0.2, 0.25) is 0 Å². The number of hydrogen-bond donors (Lipinski definition) is 0. The zero-order valence-corrected chi connectivity index (χ0v) is 13.7. The highest BCUT2D eigenvalue weighted by Gasteiger charge is 2.22. The molecule has 0 saturated heterocycles. The SMILES string of the molecule is C#C.C#CC.COCC1Cc2ccccc2Oc2ccccc21. The van der Waals surface area contributed by atoms with Crippen LogP contribution in [0.1, 0.15) is 24.0 Å². The van der Waals surface area contributed by atoms with Crippen LogP contribution in [0.3, 0.4) is 0 Å². The monoisotopic (exact) mass is 306 g/mol. The maximum atomic E-state index is 6.02. The molecule has 2 heteroatoms. The summed E-state index contributed by atoms with van der Waals surface area (Å²) in [5.41, 5.74) is 2.48. The van der Waals surface area contributed by atoms with Crippen molar-refractivity contribution in [2.24, 2.45) is 0 Å². The van der Waals surface area contributed by atoms with E-state index in [0.29, 0.717) is 12.5 Å². The summed E-state index contributed by atoms with van der Waals surface area (Å²) < 4.78 is 11.4. The molecule has 2 nitrogen and oxygen atoms in total. The highest BCUT2D eigenvalue weighted by atomic mass is 16.5. The van der Waals surface area contributed by atoms with Crippen molar-refractivity contribution in [3.63, 3.8) is 0 Å². The van der Waals surface area contributed by atoms with Gasteiger partial charge in [0, 0.05) is 18.6 Å². The zero-order valence-electron chi connectivity index (χ0n) is 13.7. The van der Waals surface area contributed by atoms with E-state index in [1.807, 2.05) is 24.3 Å². The van der Waals surface area contributed by atoms with Crippen LogP contribution in [0.15, 0.2) is 48.5 Å². The minimum atomic E-state index is 0.356. The summed E-state index contributed by atoms with van der Waals surface area (Å²) in [7, 11) is 1.75. The standard InChI is InChI=1S/C16H16O2.C3H4.C2H2/c1-17-11-13-10-12-6-2-4-8-15(12)18-16-9-5-3-7-14(13)16;1-3-2;1-2/h2-9,13H,10-11H2,1H3;1H,2H3;1-2H. The highest BCUT2D eigenvalue weighted by molar-refractivity contribution is 5.46. The first-order chi connectivity index (χ1) is 11.3. The van der Waals surface area contributed by atoms with Crippen molar-refractivity contribution in [1.29, 1.82) is 0 Å². The van der Waals surface area contributed by atoms with Crippen molar-refractivity contribution in [2.75, 3.05) is 13.7 Å². The van der Waals surface area contributed by atoms with Crippen LogP contribution >= 0.6 is 0 Å². The fraction of sp³-hybridized carbons (Fsp3) is 0.238. The average Bonchev–Trinajstić information content (AvgIpc) is 2.74. The molecule has 2 aromatic rings. The largest absolute Gasteiger partial charge is 0.457 e. The van der Waals surface area contributed by atoms with Gasteiger partial charge in [-0.15, -0.1) is 25.2 Å². The first-order valence-electron chi connectivity index (χ1n) is 7.34. The fourth-order valence-corrected chi connectivity index (χ4v) is 2.53. The average molecular weight is 306 g/mol. The second-order valence-electron chi connectivity index (χ2n) is 4.89. The predicted molar refractivity (Wildman–Crippen MR) is 95.7 cm³/mol. The molecular weight excluding hydrogens is 284 g/mol. The summed E-state index contributed by atoms with van der Waals surface area (Å²) in [4.78, 5) is 0. The Hall–Kier alpha value is -2.68. The van der Waals surface area contributed by atoms with E-state index in [1.165, 1.54) is 11.1 Å². The molecular formula is C21H22O2. The van der Waals surface area contributed by atoms with Crippen LogP contribution in [-0.4, -0.2) is 13.7 Å². The zero-order chi connectivity index (χ0) is 17.1. The minimum absolute atomic E-state index is 0.356. The fourth-order valence-electron chi connectivity index (χ4n) is 2.53. The Morgan fingerprint density at radius 1 is 1.09 bits per heavy atom. The normalized spacial score (nSPS) is 14.0. The van der Waals surface area contributed by atoms with Crippen LogP contribution in [0.25, 0.3) is 0 Å². The smallest absolute Gasteiger partial charge is 0.131 e. The molecule has 0 bridgehead atoms. The summed E-state index contributed by atoms with van der Waals surface area (Å²) in [5.74, 6) is 4.52. The molecule has 2 aromatic carbocycles. The summed E-state index contributed by atoms with van der Waals surface area (Å²) in [6.45, 7) is 2.37. The Morgan fingerprint density at radius 2 is 1.65 bits per heavy atom. The van der Waals surface area contributed by atoms with E-state index >= 15 is 0 Å². The molecule has 118 valence electrons. The third kappa shape index (κ3) is 4.92. The van der Waals surface area contributed by atoms with E-state index in [2.05, 4.69) is 49.5 Å². The number of para-hydroxylation sites is 2. The third-order valence-electron chi connectivity index (χ3n) is 3.39. The van der Waals surface area contributed by atoms with Crippen LogP contribution in [0, 0.1) is 25.2 Å². The Balaban J connectivity index is 0.000000477. The second kappa shape index (κ2) is 10.1. The molecule has 1 atom stereocenters. The van der Waals surface area contributed by atoms with Crippen molar-refractivity contribution >= 4 is 0 Å². The molecule has 0 radical (unpaired) electrons. The number of fused-ring (bicyclic) bond motifs is 2. The Morgan fingerprint density at radius 3 is 2.30 bits per heavy atom. The van der Waals surface area contributed by atoms with Gasteiger partial charge in [-0.1, -0.05) is 36.4 Å². The number of rotatable bonds is 2. The molecule has 0 aliphatic carbocycles. The summed E-state index contributed by atoms with van der Waals surface area (Å²) in [5, 5.41) is 0. The van der Waals surface area contributed by atoms with Gasteiger partial charge in [0.15, 0.2) is 0 Å². The molecule has 0 N–H and O–H groups in total. The Bertz CT molecular complexity index is 665. The molecule has 23 heavy (non-hydrogen) atoms. The second-order valence-corrected chi connectivity index (χ2v) is 4.89. The van der Waals surface area contributed by atoms with Crippen LogP contribution < -0.4 is 4.74 Å². The van der Waals surface area contributed by atoms with Crippen molar-refractivity contribution in [3.05, 3.63) is 59.7 Å². The summed E-state index contributed by atoms with van der Waals surface area (Å²) in [6, 6.07) is 16.5. The van der Waals surface area contributed by atoms with Gasteiger partial charge in [0.1, 0.15) is 11.5 Å². The van der Waals surface area contributed by atoms with E-state index in [-0.39, 0.29) is 0 Å². The summed E-state index contributed by atoms with van der Waals surface area (Å²) >= 11 is 0. The van der Waals surface area contributed by atoms with E-state index < -0.39 is 0 Å². The van der Waals surface area contributed by atoms with Crippen molar-refractivity contribution < 1.29 is 9.47 Å². The maximum Gasteiger partial charge on any atom is 0.131 e. The molecule has 0 amide bonds. The lowest BCUT2D eigenvalue weighted by atomic mass is 9.93. The number of terminal acetylenes is 2. The van der Waals surface area contributed by atoms with E-state index in [1.54, 1.807) is 14.0 Å². The first-order valence-corrected chi connectivity index (χ1v) is 7.34.